The SMILES string of the molecule is CC(C)[C@]12O[C@H]1[C@@H]1O[C@]13[C@]1(O[C@H]1C[C@H]1C4=C(CC[C@@]13C)C(=O)OC4)[C@@H]2OC(=O)Oc1ccccc1. The second-order valence-electron chi connectivity index (χ2n) is 11.7. The molecule has 9 atom stereocenters. The van der Waals surface area contributed by atoms with Crippen molar-refractivity contribution in [1.29, 1.82) is 0 Å². The van der Waals surface area contributed by atoms with Gasteiger partial charge in [-0.05, 0) is 48.8 Å². The molecule has 8 nitrogen and oxygen atoms in total. The number of ether oxygens (including phenoxy) is 6. The van der Waals surface area contributed by atoms with Crippen LogP contribution in [0.3, 0.4) is 0 Å². The quantitative estimate of drug-likeness (QED) is 0.369. The Balaban J connectivity index is 1.19. The van der Waals surface area contributed by atoms with Gasteiger partial charge in [0, 0.05) is 11.0 Å². The van der Waals surface area contributed by atoms with Crippen molar-refractivity contribution in [3.63, 3.8) is 0 Å². The molecule has 0 N–H and O–H groups in total. The molecule has 1 aromatic carbocycles. The van der Waals surface area contributed by atoms with Crippen molar-refractivity contribution in [1.82, 2.24) is 0 Å². The molecule has 4 heterocycles. The van der Waals surface area contributed by atoms with Gasteiger partial charge in [-0.3, -0.25) is 0 Å². The van der Waals surface area contributed by atoms with Crippen LogP contribution in [0.2, 0.25) is 0 Å². The molecule has 7 aliphatic rings. The zero-order valence-electron chi connectivity index (χ0n) is 19.9. The Morgan fingerprint density at radius 1 is 1.11 bits per heavy atom. The number of hydrogen-bond donors (Lipinski definition) is 0. The van der Waals surface area contributed by atoms with Crippen LogP contribution in [0.15, 0.2) is 41.5 Å². The van der Waals surface area contributed by atoms with Crippen LogP contribution in [0.4, 0.5) is 4.79 Å². The Morgan fingerprint density at radius 2 is 1.91 bits per heavy atom. The van der Waals surface area contributed by atoms with Gasteiger partial charge in [0.2, 0.25) is 0 Å². The van der Waals surface area contributed by atoms with Crippen molar-refractivity contribution < 1.29 is 38.0 Å². The summed E-state index contributed by atoms with van der Waals surface area (Å²) in [5, 5.41) is 0. The Morgan fingerprint density at radius 3 is 2.69 bits per heavy atom. The minimum Gasteiger partial charge on any atom is -0.458 e. The van der Waals surface area contributed by atoms with E-state index in [2.05, 4.69) is 20.8 Å². The largest absolute Gasteiger partial charge is 0.514 e. The van der Waals surface area contributed by atoms with E-state index in [1.807, 2.05) is 6.07 Å². The number of rotatable bonds is 3. The fourth-order valence-corrected chi connectivity index (χ4v) is 8.55. The maximum atomic E-state index is 13.1. The Kier molecular flexibility index (Phi) is 3.61. The van der Waals surface area contributed by atoms with Gasteiger partial charge in [-0.15, -0.1) is 0 Å². The average Bonchev–Trinajstić information content (AvgIpc) is 3.73. The van der Waals surface area contributed by atoms with Crippen LogP contribution in [0.25, 0.3) is 0 Å². The van der Waals surface area contributed by atoms with Crippen LogP contribution < -0.4 is 4.74 Å². The fourth-order valence-electron chi connectivity index (χ4n) is 8.55. The molecule has 5 fully saturated rings. The van der Waals surface area contributed by atoms with Gasteiger partial charge >= 0.3 is 12.1 Å². The number of esters is 1. The zero-order chi connectivity index (χ0) is 24.0. The second-order valence-corrected chi connectivity index (χ2v) is 11.7. The third-order valence-electron chi connectivity index (χ3n) is 10.2. The molecule has 0 unspecified atom stereocenters. The predicted molar refractivity (Wildman–Crippen MR) is 118 cm³/mol. The lowest BCUT2D eigenvalue weighted by Gasteiger charge is -2.53. The van der Waals surface area contributed by atoms with Crippen molar-refractivity contribution in [2.24, 2.45) is 17.3 Å². The Hall–Kier alpha value is -2.42. The summed E-state index contributed by atoms with van der Waals surface area (Å²) in [5.41, 5.74) is -0.410. The van der Waals surface area contributed by atoms with Gasteiger partial charge < -0.3 is 28.4 Å². The first-order valence-electron chi connectivity index (χ1n) is 12.7. The normalized spacial score (nSPS) is 49.5. The number of hydrogen-bond acceptors (Lipinski definition) is 8. The first-order chi connectivity index (χ1) is 16.8. The fraction of sp³-hybridized carbons (Fsp3) is 0.630. The third kappa shape index (κ3) is 2.14. The summed E-state index contributed by atoms with van der Waals surface area (Å²) < 4.78 is 36.8. The maximum absolute atomic E-state index is 13.1. The van der Waals surface area contributed by atoms with Gasteiger partial charge in [0.05, 0.1) is 6.10 Å². The summed E-state index contributed by atoms with van der Waals surface area (Å²) >= 11 is 0. The molecule has 0 bridgehead atoms. The highest BCUT2D eigenvalue weighted by molar-refractivity contribution is 5.92. The van der Waals surface area contributed by atoms with E-state index in [0.717, 1.165) is 24.0 Å². The molecule has 0 radical (unpaired) electrons. The van der Waals surface area contributed by atoms with Gasteiger partial charge in [-0.2, -0.15) is 0 Å². The molecule has 8 heteroatoms. The molecule has 184 valence electrons. The van der Waals surface area contributed by atoms with Crippen LogP contribution in [-0.4, -0.2) is 60.0 Å². The minimum atomic E-state index is -0.780. The average molecular weight is 481 g/mol. The monoisotopic (exact) mass is 480 g/mol. The molecule has 3 saturated heterocycles. The third-order valence-corrected chi connectivity index (χ3v) is 10.2. The molecule has 1 aromatic rings. The highest BCUT2D eigenvalue weighted by Crippen LogP contribution is 2.83. The number of para-hydroxylation sites is 1. The Labute approximate surface area is 202 Å². The molecule has 35 heavy (non-hydrogen) atoms. The summed E-state index contributed by atoms with van der Waals surface area (Å²) in [4.78, 5) is 25.4. The van der Waals surface area contributed by atoms with E-state index in [4.69, 9.17) is 28.4 Å². The predicted octanol–water partition coefficient (Wildman–Crippen LogP) is 3.33. The number of benzene rings is 1. The molecule has 2 spiro atoms. The van der Waals surface area contributed by atoms with Gasteiger partial charge in [-0.25, -0.2) is 9.59 Å². The summed E-state index contributed by atoms with van der Waals surface area (Å²) in [6.45, 7) is 6.80. The minimum absolute atomic E-state index is 0.0931. The number of fused-ring (bicyclic) bond motifs is 4. The highest BCUT2D eigenvalue weighted by Gasteiger charge is 3.01. The second kappa shape index (κ2) is 6.10. The van der Waals surface area contributed by atoms with Crippen molar-refractivity contribution in [2.45, 2.75) is 81.3 Å². The molecule has 3 aliphatic carbocycles. The summed E-state index contributed by atoms with van der Waals surface area (Å²) in [7, 11) is 0. The number of carbonyl (C=O) groups is 2. The molecule has 8 rings (SSSR count). The number of carbonyl (C=O) groups excluding carboxylic acids is 2. The van der Waals surface area contributed by atoms with Crippen LogP contribution in [-0.2, 0) is 28.5 Å². The molecule has 0 aromatic heterocycles. The van der Waals surface area contributed by atoms with Crippen LogP contribution in [0.1, 0.15) is 40.0 Å². The van der Waals surface area contributed by atoms with Crippen molar-refractivity contribution in [2.75, 3.05) is 6.61 Å². The van der Waals surface area contributed by atoms with E-state index in [9.17, 15) is 9.59 Å². The lowest BCUT2D eigenvalue weighted by Crippen LogP contribution is -2.70. The van der Waals surface area contributed by atoms with E-state index >= 15 is 0 Å². The van der Waals surface area contributed by atoms with E-state index in [1.165, 1.54) is 0 Å². The van der Waals surface area contributed by atoms with Crippen LogP contribution >= 0.6 is 0 Å². The maximum Gasteiger partial charge on any atom is 0.514 e. The van der Waals surface area contributed by atoms with Gasteiger partial charge in [0.1, 0.15) is 35.8 Å². The Bertz CT molecular complexity index is 1210. The standard InChI is InChI=1S/C27H28O8/c1-13(2)25-19(34-25)20-27(35-20)24(3)10-9-15-16(12-30-21(15)28)17(24)11-18-26(27,33-18)22(25)32-23(29)31-14-7-5-4-6-8-14/h4-8,13,17-20,22H,9-12H2,1-3H3/t17-,18-,19-,20-,22+,24-,25-,26+,27+/m0/s1. The first kappa shape index (κ1) is 20.7. The zero-order valence-corrected chi connectivity index (χ0v) is 19.9. The first-order valence-corrected chi connectivity index (χ1v) is 12.7. The van der Waals surface area contributed by atoms with E-state index in [-0.39, 0.29) is 41.5 Å². The van der Waals surface area contributed by atoms with Gasteiger partial charge in [0.25, 0.3) is 0 Å². The molecule has 4 aliphatic heterocycles. The van der Waals surface area contributed by atoms with E-state index < -0.39 is 29.1 Å². The highest BCUT2D eigenvalue weighted by atomic mass is 16.8. The van der Waals surface area contributed by atoms with E-state index in [0.29, 0.717) is 18.8 Å². The molecule has 0 amide bonds. The van der Waals surface area contributed by atoms with E-state index in [1.54, 1.807) is 24.3 Å². The molecular weight excluding hydrogens is 452 g/mol. The van der Waals surface area contributed by atoms with Crippen molar-refractivity contribution >= 4 is 12.1 Å². The molecular formula is C27H28O8. The number of cyclic esters (lactones) is 1. The van der Waals surface area contributed by atoms with Crippen molar-refractivity contribution in [3.05, 3.63) is 41.5 Å². The topological polar surface area (TPSA) is 99.4 Å². The lowest BCUT2D eigenvalue weighted by atomic mass is 9.46. The number of epoxide rings is 3. The summed E-state index contributed by atoms with van der Waals surface area (Å²) in [6.07, 6.45) is 0.371. The van der Waals surface area contributed by atoms with Crippen LogP contribution in [0.5, 0.6) is 5.75 Å². The molecule has 2 saturated carbocycles. The summed E-state index contributed by atoms with van der Waals surface area (Å²) in [6, 6.07) is 8.91. The van der Waals surface area contributed by atoms with Crippen LogP contribution in [0, 0.1) is 17.3 Å². The lowest BCUT2D eigenvalue weighted by molar-refractivity contribution is -0.136. The smallest absolute Gasteiger partial charge is 0.458 e. The van der Waals surface area contributed by atoms with Gasteiger partial charge in [-0.1, -0.05) is 39.0 Å². The van der Waals surface area contributed by atoms with Crippen molar-refractivity contribution in [3.8, 4) is 5.75 Å². The van der Waals surface area contributed by atoms with Gasteiger partial charge in [0.15, 0.2) is 11.7 Å². The summed E-state index contributed by atoms with van der Waals surface area (Å²) in [5.74, 6) is 0.467.